The summed E-state index contributed by atoms with van der Waals surface area (Å²) in [5.74, 6) is -1.76. The lowest BCUT2D eigenvalue weighted by Gasteiger charge is -2.29. The van der Waals surface area contributed by atoms with E-state index in [4.69, 9.17) is 16.1 Å². The minimum atomic E-state index is -2.54. The van der Waals surface area contributed by atoms with Gasteiger partial charge in [0.25, 0.3) is 5.89 Å². The topological polar surface area (TPSA) is 63.8 Å². The van der Waals surface area contributed by atoms with E-state index >= 15 is 0 Å². The van der Waals surface area contributed by atoms with E-state index in [1.165, 1.54) is 0 Å². The average Bonchev–Trinajstić information content (AvgIpc) is 2.87. The summed E-state index contributed by atoms with van der Waals surface area (Å²) in [6.07, 6.45) is 0.641. The molecule has 0 amide bonds. The monoisotopic (exact) mass is 328 g/mol. The molecule has 5 nitrogen and oxygen atoms in total. The first kappa shape index (κ1) is 15.1. The summed E-state index contributed by atoms with van der Waals surface area (Å²) in [6, 6.07) is 3.38. The highest BCUT2D eigenvalue weighted by Crippen LogP contribution is 2.34. The number of anilines is 1. The van der Waals surface area contributed by atoms with Crippen LogP contribution >= 0.6 is 11.6 Å². The molecule has 0 aliphatic heterocycles. The minimum absolute atomic E-state index is 0.00429. The van der Waals surface area contributed by atoms with E-state index < -0.39 is 5.92 Å². The van der Waals surface area contributed by atoms with Crippen molar-refractivity contribution >= 4 is 17.3 Å². The second-order valence-corrected chi connectivity index (χ2v) is 5.87. The van der Waals surface area contributed by atoms with Crippen molar-refractivity contribution in [2.75, 3.05) is 5.32 Å². The van der Waals surface area contributed by atoms with Crippen LogP contribution in [0, 0.1) is 6.92 Å². The summed E-state index contributed by atoms with van der Waals surface area (Å²) in [5, 5.41) is 7.21. The number of aromatic nitrogens is 3. The predicted octanol–water partition coefficient (Wildman–Crippen LogP) is 4.08. The molecule has 2 heterocycles. The summed E-state index contributed by atoms with van der Waals surface area (Å²) < 4.78 is 31.4. The summed E-state index contributed by atoms with van der Waals surface area (Å²) in [7, 11) is 0. The van der Waals surface area contributed by atoms with E-state index in [0.29, 0.717) is 30.0 Å². The van der Waals surface area contributed by atoms with Gasteiger partial charge in [-0.15, -0.1) is 0 Å². The molecule has 22 heavy (non-hydrogen) atoms. The van der Waals surface area contributed by atoms with Crippen molar-refractivity contribution in [1.82, 2.24) is 15.1 Å². The van der Waals surface area contributed by atoms with Crippen molar-refractivity contribution < 1.29 is 13.3 Å². The van der Waals surface area contributed by atoms with Crippen LogP contribution in [0.2, 0.25) is 5.15 Å². The van der Waals surface area contributed by atoms with Gasteiger partial charge in [-0.1, -0.05) is 16.8 Å². The molecule has 0 unspecified atom stereocenters. The fourth-order valence-corrected chi connectivity index (χ4v) is 2.72. The summed E-state index contributed by atoms with van der Waals surface area (Å²) in [6.45, 7) is 1.71. The van der Waals surface area contributed by atoms with Gasteiger partial charge in [0.2, 0.25) is 5.92 Å². The van der Waals surface area contributed by atoms with Crippen molar-refractivity contribution in [3.8, 4) is 11.6 Å². The molecule has 118 valence electrons. The van der Waals surface area contributed by atoms with Crippen molar-refractivity contribution in [2.24, 2.45) is 0 Å². The van der Waals surface area contributed by atoms with Crippen LogP contribution in [0.1, 0.15) is 31.5 Å². The molecular formula is C14H15ClF2N4O. The van der Waals surface area contributed by atoms with Gasteiger partial charge in [0.1, 0.15) is 10.8 Å². The van der Waals surface area contributed by atoms with E-state index in [-0.39, 0.29) is 29.9 Å². The molecule has 0 saturated heterocycles. The van der Waals surface area contributed by atoms with Crippen LogP contribution in [-0.4, -0.2) is 27.1 Å². The number of halogens is 3. The van der Waals surface area contributed by atoms with Crippen LogP contribution in [-0.2, 0) is 0 Å². The fourth-order valence-electron chi connectivity index (χ4n) is 2.51. The van der Waals surface area contributed by atoms with E-state index in [2.05, 4.69) is 20.4 Å². The largest absolute Gasteiger partial charge is 0.382 e. The zero-order valence-corrected chi connectivity index (χ0v) is 12.7. The van der Waals surface area contributed by atoms with Crippen LogP contribution in [0.25, 0.3) is 11.6 Å². The second-order valence-electron chi connectivity index (χ2n) is 5.49. The highest BCUT2D eigenvalue weighted by Gasteiger charge is 2.34. The van der Waals surface area contributed by atoms with Crippen LogP contribution in [0.15, 0.2) is 16.7 Å². The first-order valence-corrected chi connectivity index (χ1v) is 7.42. The molecule has 0 aromatic carbocycles. The molecule has 0 atom stereocenters. The number of nitrogens with one attached hydrogen (secondary N) is 1. The highest BCUT2D eigenvalue weighted by atomic mass is 35.5. The maximum absolute atomic E-state index is 13.2. The van der Waals surface area contributed by atoms with E-state index in [1.54, 1.807) is 19.1 Å². The van der Waals surface area contributed by atoms with Gasteiger partial charge in [0, 0.05) is 24.6 Å². The number of rotatable bonds is 3. The summed E-state index contributed by atoms with van der Waals surface area (Å²) >= 11 is 6.01. The van der Waals surface area contributed by atoms with Gasteiger partial charge in [-0.2, -0.15) is 4.98 Å². The molecule has 3 rings (SSSR count). The molecule has 1 saturated carbocycles. The minimum Gasteiger partial charge on any atom is -0.382 e. The Morgan fingerprint density at radius 3 is 2.64 bits per heavy atom. The van der Waals surface area contributed by atoms with Gasteiger partial charge >= 0.3 is 0 Å². The van der Waals surface area contributed by atoms with Gasteiger partial charge in [-0.3, -0.25) is 0 Å². The molecular weight excluding hydrogens is 314 g/mol. The molecule has 2 aromatic heterocycles. The molecule has 1 fully saturated rings. The van der Waals surface area contributed by atoms with E-state index in [0.717, 1.165) is 0 Å². The van der Waals surface area contributed by atoms with Crippen molar-refractivity contribution in [1.29, 1.82) is 0 Å². The lowest BCUT2D eigenvalue weighted by atomic mass is 9.92. The number of hydrogen-bond donors (Lipinski definition) is 1. The van der Waals surface area contributed by atoms with E-state index in [9.17, 15) is 8.78 Å². The number of aryl methyl sites for hydroxylation is 1. The quantitative estimate of drug-likeness (QED) is 0.860. The number of pyridine rings is 1. The Balaban J connectivity index is 1.76. The highest BCUT2D eigenvalue weighted by molar-refractivity contribution is 6.29. The predicted molar refractivity (Wildman–Crippen MR) is 78.1 cm³/mol. The molecule has 0 spiro atoms. The molecule has 2 aromatic rings. The number of hydrogen-bond acceptors (Lipinski definition) is 5. The standard InChI is InChI=1S/C14H15ClF2N4O/c1-8-18-13(22-21-8)11-6-10(7-12(15)20-11)19-9-2-4-14(16,17)5-3-9/h6-7,9H,2-5H2,1H3,(H,19,20). The first-order valence-electron chi connectivity index (χ1n) is 7.04. The Morgan fingerprint density at radius 1 is 1.27 bits per heavy atom. The number of alkyl halides is 2. The third-order valence-electron chi connectivity index (χ3n) is 3.63. The Bertz CT molecular complexity index is 667. The molecule has 0 bridgehead atoms. The van der Waals surface area contributed by atoms with Crippen LogP contribution < -0.4 is 5.32 Å². The molecule has 1 aliphatic carbocycles. The van der Waals surface area contributed by atoms with Crippen molar-refractivity contribution in [3.63, 3.8) is 0 Å². The van der Waals surface area contributed by atoms with Crippen LogP contribution in [0.5, 0.6) is 0 Å². The van der Waals surface area contributed by atoms with E-state index in [1.807, 2.05) is 0 Å². The summed E-state index contributed by atoms with van der Waals surface area (Å²) in [4.78, 5) is 8.25. The zero-order valence-electron chi connectivity index (χ0n) is 11.9. The third kappa shape index (κ3) is 3.52. The maximum atomic E-state index is 13.2. The Labute approximate surface area is 131 Å². The van der Waals surface area contributed by atoms with Crippen molar-refractivity contribution in [2.45, 2.75) is 44.6 Å². The molecule has 1 aliphatic rings. The lowest BCUT2D eigenvalue weighted by molar-refractivity contribution is -0.0360. The third-order valence-corrected chi connectivity index (χ3v) is 3.82. The Hall–Kier alpha value is -1.76. The Morgan fingerprint density at radius 2 is 2.00 bits per heavy atom. The average molecular weight is 329 g/mol. The van der Waals surface area contributed by atoms with Gasteiger partial charge in [-0.05, 0) is 31.9 Å². The van der Waals surface area contributed by atoms with Gasteiger partial charge in [-0.25, -0.2) is 13.8 Å². The lowest BCUT2D eigenvalue weighted by Crippen LogP contribution is -2.32. The van der Waals surface area contributed by atoms with Gasteiger partial charge < -0.3 is 9.84 Å². The Kier molecular flexibility index (Phi) is 3.99. The number of nitrogens with zero attached hydrogens (tertiary/aromatic N) is 3. The second kappa shape index (κ2) is 5.79. The zero-order chi connectivity index (χ0) is 15.7. The normalized spacial score (nSPS) is 18.4. The smallest absolute Gasteiger partial charge is 0.276 e. The van der Waals surface area contributed by atoms with Gasteiger partial charge in [0.15, 0.2) is 5.82 Å². The van der Waals surface area contributed by atoms with Crippen LogP contribution in [0.3, 0.4) is 0 Å². The first-order chi connectivity index (χ1) is 10.4. The molecule has 0 radical (unpaired) electrons. The SMILES string of the molecule is Cc1noc(-c2cc(NC3CCC(F)(F)CC3)cc(Cl)n2)n1. The van der Waals surface area contributed by atoms with Crippen molar-refractivity contribution in [3.05, 3.63) is 23.1 Å². The maximum Gasteiger partial charge on any atom is 0.276 e. The fraction of sp³-hybridized carbons (Fsp3) is 0.500. The van der Waals surface area contributed by atoms with Gasteiger partial charge in [0.05, 0.1) is 0 Å². The van der Waals surface area contributed by atoms with Crippen LogP contribution in [0.4, 0.5) is 14.5 Å². The molecule has 1 N–H and O–H groups in total. The molecule has 8 heteroatoms. The summed E-state index contributed by atoms with van der Waals surface area (Å²) in [5.41, 5.74) is 1.16.